The number of benzene rings is 1. The van der Waals surface area contributed by atoms with Crippen molar-refractivity contribution < 1.29 is 9.50 Å². The molecule has 0 radical (unpaired) electrons. The van der Waals surface area contributed by atoms with Crippen LogP contribution in [0.2, 0.25) is 0 Å². The Morgan fingerprint density at radius 3 is 2.68 bits per heavy atom. The Hall–Kier alpha value is -3.81. The third-order valence-electron chi connectivity index (χ3n) is 5.43. The number of rotatable bonds is 4. The van der Waals surface area contributed by atoms with Gasteiger partial charge in [0.2, 0.25) is 5.88 Å². The van der Waals surface area contributed by atoms with Crippen molar-refractivity contribution in [3.63, 3.8) is 0 Å². The van der Waals surface area contributed by atoms with Gasteiger partial charge in [-0.25, -0.2) is 24.0 Å². The van der Waals surface area contributed by atoms with Crippen LogP contribution in [0.5, 0.6) is 5.88 Å². The Morgan fingerprint density at radius 2 is 1.94 bits per heavy atom. The maximum absolute atomic E-state index is 13.3. The summed E-state index contributed by atoms with van der Waals surface area (Å²) in [6.07, 6.45) is 8.97. The summed E-state index contributed by atoms with van der Waals surface area (Å²) in [4.78, 5) is 13.1. The van der Waals surface area contributed by atoms with Gasteiger partial charge in [-0.15, -0.1) is 0 Å². The Balaban J connectivity index is 1.38. The minimum absolute atomic E-state index is 0.0759. The van der Waals surface area contributed by atoms with Gasteiger partial charge in [-0.05, 0) is 61.7 Å². The van der Waals surface area contributed by atoms with E-state index < -0.39 is 0 Å². The molecule has 7 nitrogen and oxygen atoms in total. The highest BCUT2D eigenvalue weighted by Crippen LogP contribution is 2.32. The smallest absolute Gasteiger partial charge is 0.236 e. The maximum atomic E-state index is 13.3. The zero-order chi connectivity index (χ0) is 21.4. The van der Waals surface area contributed by atoms with Gasteiger partial charge < -0.3 is 9.67 Å². The van der Waals surface area contributed by atoms with Crippen molar-refractivity contribution in [3.8, 4) is 11.6 Å². The summed E-state index contributed by atoms with van der Waals surface area (Å²) in [5.41, 5.74) is 3.07. The summed E-state index contributed by atoms with van der Waals surface area (Å²) in [5.74, 6) is 1.26. The van der Waals surface area contributed by atoms with Gasteiger partial charge in [-0.2, -0.15) is 5.10 Å². The molecule has 0 bridgehead atoms. The monoisotopic (exact) mass is 416 g/mol. The van der Waals surface area contributed by atoms with E-state index in [1.807, 2.05) is 36.0 Å². The highest BCUT2D eigenvalue weighted by Gasteiger charge is 2.25. The molecule has 1 aliphatic rings. The van der Waals surface area contributed by atoms with Crippen LogP contribution < -0.4 is 0 Å². The first-order valence-corrected chi connectivity index (χ1v) is 10.2. The van der Waals surface area contributed by atoms with Gasteiger partial charge in [0.25, 0.3) is 0 Å². The van der Waals surface area contributed by atoms with E-state index in [4.69, 9.17) is 4.98 Å². The minimum Gasteiger partial charge on any atom is -0.492 e. The molecule has 0 amide bonds. The van der Waals surface area contributed by atoms with Gasteiger partial charge in [-0.3, -0.25) is 0 Å². The molecule has 1 aliphatic heterocycles. The van der Waals surface area contributed by atoms with E-state index in [2.05, 4.69) is 15.1 Å². The average molecular weight is 416 g/mol. The van der Waals surface area contributed by atoms with E-state index in [0.717, 1.165) is 36.5 Å². The van der Waals surface area contributed by atoms with Crippen molar-refractivity contribution in [3.05, 3.63) is 83.3 Å². The summed E-state index contributed by atoms with van der Waals surface area (Å²) < 4.78 is 16.9. The topological polar surface area (TPSA) is 81.7 Å². The van der Waals surface area contributed by atoms with Gasteiger partial charge in [0.05, 0.1) is 17.7 Å². The van der Waals surface area contributed by atoms with Crippen LogP contribution in [0.3, 0.4) is 0 Å². The normalized spacial score (nSPS) is 16.0. The molecule has 156 valence electrons. The molecule has 3 aromatic heterocycles. The first-order chi connectivity index (χ1) is 15.1. The van der Waals surface area contributed by atoms with Crippen LogP contribution in [0.4, 0.5) is 4.39 Å². The number of aromatic nitrogens is 6. The van der Waals surface area contributed by atoms with Crippen molar-refractivity contribution in [1.82, 2.24) is 29.3 Å². The lowest BCUT2D eigenvalue weighted by atomic mass is 9.91. The fourth-order valence-electron chi connectivity index (χ4n) is 3.91. The van der Waals surface area contributed by atoms with Gasteiger partial charge in [0.15, 0.2) is 5.82 Å². The molecule has 1 atom stereocenters. The predicted octanol–water partition coefficient (Wildman–Crippen LogP) is 4.11. The van der Waals surface area contributed by atoms with E-state index in [0.29, 0.717) is 17.2 Å². The number of pyridine rings is 1. The molecule has 8 heteroatoms. The fourth-order valence-corrected chi connectivity index (χ4v) is 3.91. The van der Waals surface area contributed by atoms with Crippen molar-refractivity contribution in [2.75, 3.05) is 0 Å². The molecule has 0 saturated carbocycles. The molecular weight excluding hydrogens is 395 g/mol. The first kappa shape index (κ1) is 19.2. The highest BCUT2D eigenvalue weighted by atomic mass is 19.1. The van der Waals surface area contributed by atoms with Gasteiger partial charge in [-0.1, -0.05) is 12.1 Å². The summed E-state index contributed by atoms with van der Waals surface area (Å²) in [6, 6.07) is 10.2. The van der Waals surface area contributed by atoms with Gasteiger partial charge >= 0.3 is 0 Å². The van der Waals surface area contributed by atoms with Crippen molar-refractivity contribution in [2.24, 2.45) is 0 Å². The van der Waals surface area contributed by atoms with Crippen LogP contribution in [0.1, 0.15) is 47.4 Å². The summed E-state index contributed by atoms with van der Waals surface area (Å²) in [5, 5.41) is 14.9. The molecule has 31 heavy (non-hydrogen) atoms. The van der Waals surface area contributed by atoms with Gasteiger partial charge in [0.1, 0.15) is 17.3 Å². The number of aryl methyl sites for hydroxylation is 2. The van der Waals surface area contributed by atoms with Crippen LogP contribution >= 0.6 is 0 Å². The number of hydrogen-bond donors (Lipinski definition) is 1. The number of halogens is 1. The maximum Gasteiger partial charge on any atom is 0.236 e. The van der Waals surface area contributed by atoms with E-state index in [1.54, 1.807) is 29.1 Å². The molecule has 1 N–H and O–H groups in total. The Kier molecular flexibility index (Phi) is 4.82. The SMILES string of the molecule is Cc1cn(-c2ccc(/C=C/c3nc4n(n3)CCC[C@@H]4c3ccc(F)cc3)nc2O)cn1. The lowest BCUT2D eigenvalue weighted by Crippen LogP contribution is -2.17. The molecule has 5 rings (SSSR count). The number of imidazole rings is 1. The van der Waals surface area contributed by atoms with Gasteiger partial charge in [0, 0.05) is 18.7 Å². The molecule has 0 spiro atoms. The van der Waals surface area contributed by atoms with E-state index in [-0.39, 0.29) is 17.6 Å². The highest BCUT2D eigenvalue weighted by molar-refractivity contribution is 5.65. The predicted molar refractivity (Wildman–Crippen MR) is 114 cm³/mol. The Labute approximate surface area is 178 Å². The van der Waals surface area contributed by atoms with E-state index in [1.165, 1.54) is 12.1 Å². The second kappa shape index (κ2) is 7.79. The third kappa shape index (κ3) is 3.84. The second-order valence-electron chi connectivity index (χ2n) is 7.63. The summed E-state index contributed by atoms with van der Waals surface area (Å²) >= 11 is 0. The zero-order valence-electron chi connectivity index (χ0n) is 17.0. The molecule has 0 saturated heterocycles. The molecule has 4 heterocycles. The molecule has 4 aromatic rings. The number of aromatic hydroxyl groups is 1. The summed E-state index contributed by atoms with van der Waals surface area (Å²) in [6.45, 7) is 2.70. The minimum atomic E-state index is -0.241. The summed E-state index contributed by atoms with van der Waals surface area (Å²) in [7, 11) is 0. The number of nitrogens with zero attached hydrogens (tertiary/aromatic N) is 6. The lowest BCUT2D eigenvalue weighted by molar-refractivity contribution is 0.445. The zero-order valence-corrected chi connectivity index (χ0v) is 17.0. The van der Waals surface area contributed by atoms with Crippen LogP contribution in [0.25, 0.3) is 17.8 Å². The Bertz CT molecular complexity index is 1260. The third-order valence-corrected chi connectivity index (χ3v) is 5.43. The number of fused-ring (bicyclic) bond motifs is 1. The average Bonchev–Trinajstić information content (AvgIpc) is 3.38. The Morgan fingerprint density at radius 1 is 1.10 bits per heavy atom. The van der Waals surface area contributed by atoms with E-state index >= 15 is 0 Å². The van der Waals surface area contributed by atoms with E-state index in [9.17, 15) is 9.50 Å². The van der Waals surface area contributed by atoms with Crippen LogP contribution in [0, 0.1) is 12.7 Å². The quantitative estimate of drug-likeness (QED) is 0.542. The molecule has 0 aliphatic carbocycles. The molecule has 0 fully saturated rings. The second-order valence-corrected chi connectivity index (χ2v) is 7.63. The van der Waals surface area contributed by atoms with Crippen molar-refractivity contribution >= 4 is 12.2 Å². The largest absolute Gasteiger partial charge is 0.492 e. The van der Waals surface area contributed by atoms with Crippen LogP contribution in [0.15, 0.2) is 48.9 Å². The molecule has 0 unspecified atom stereocenters. The van der Waals surface area contributed by atoms with Crippen molar-refractivity contribution in [1.29, 1.82) is 0 Å². The molecule has 1 aromatic carbocycles. The molecular formula is C23H21FN6O. The van der Waals surface area contributed by atoms with Crippen LogP contribution in [-0.4, -0.2) is 34.4 Å². The lowest BCUT2D eigenvalue weighted by Gasteiger charge is -2.22. The van der Waals surface area contributed by atoms with Crippen LogP contribution in [-0.2, 0) is 6.54 Å². The standard InChI is InChI=1S/C23H21FN6O/c1-15-13-29(14-25-15)20-10-8-18(26-23(20)31)9-11-21-27-22-19(3-2-12-30(22)28-21)16-4-6-17(24)7-5-16/h4-11,13-14,19H,2-3,12H2,1H3,(H,26,31)/b11-9+/t19-/m1/s1. The fraction of sp³-hybridized carbons (Fsp3) is 0.217. The van der Waals surface area contributed by atoms with Crippen molar-refractivity contribution in [2.45, 2.75) is 32.2 Å². The number of hydrogen-bond acceptors (Lipinski definition) is 5. The first-order valence-electron chi connectivity index (χ1n) is 10.2.